The van der Waals surface area contributed by atoms with Crippen LogP contribution in [-0.4, -0.2) is 20.7 Å². The molecule has 110 valence electrons. The molecule has 2 aromatic rings. The third-order valence-corrected chi connectivity index (χ3v) is 3.95. The van der Waals surface area contributed by atoms with Gasteiger partial charge in [-0.3, -0.25) is 0 Å². The average molecular weight is 325 g/mol. The number of hydrogen-bond donors (Lipinski definition) is 2. The van der Waals surface area contributed by atoms with Crippen LogP contribution >= 0.6 is 11.6 Å². The van der Waals surface area contributed by atoms with Crippen molar-refractivity contribution in [2.45, 2.75) is 4.90 Å². The van der Waals surface area contributed by atoms with Crippen LogP contribution in [-0.2, 0) is 9.84 Å². The summed E-state index contributed by atoms with van der Waals surface area (Å²) in [6.07, 6.45) is 1.11. The molecule has 2 N–H and O–H groups in total. The normalized spacial score (nSPS) is 11.0. The van der Waals surface area contributed by atoms with E-state index in [-0.39, 0.29) is 4.90 Å². The first-order chi connectivity index (χ1) is 9.84. The highest BCUT2D eigenvalue weighted by atomic mass is 35.5. The molecule has 2 rings (SSSR count). The van der Waals surface area contributed by atoms with E-state index in [0.717, 1.165) is 6.26 Å². The van der Waals surface area contributed by atoms with E-state index in [2.05, 4.69) is 10.6 Å². The average Bonchev–Trinajstić information content (AvgIpc) is 2.37. The Bertz CT molecular complexity index is 775. The Morgan fingerprint density at radius 1 is 1.00 bits per heavy atom. The maximum Gasteiger partial charge on any atom is 0.323 e. The Kier molecular flexibility index (Phi) is 4.50. The molecule has 0 spiro atoms. The van der Waals surface area contributed by atoms with Gasteiger partial charge in [0.2, 0.25) is 0 Å². The Morgan fingerprint density at radius 3 is 2.14 bits per heavy atom. The molecule has 21 heavy (non-hydrogen) atoms. The second-order valence-corrected chi connectivity index (χ2v) is 6.84. The first-order valence-electron chi connectivity index (χ1n) is 5.98. The summed E-state index contributed by atoms with van der Waals surface area (Å²) in [6.45, 7) is 0. The number of hydrogen-bond acceptors (Lipinski definition) is 3. The van der Waals surface area contributed by atoms with Crippen molar-refractivity contribution in [3.63, 3.8) is 0 Å². The van der Waals surface area contributed by atoms with Crippen molar-refractivity contribution in [2.24, 2.45) is 0 Å². The van der Waals surface area contributed by atoms with Crippen molar-refractivity contribution in [1.29, 1.82) is 0 Å². The molecule has 0 saturated carbocycles. The molecule has 0 heterocycles. The minimum absolute atomic E-state index is 0.142. The number of amides is 2. The van der Waals surface area contributed by atoms with E-state index in [1.54, 1.807) is 36.4 Å². The summed E-state index contributed by atoms with van der Waals surface area (Å²) in [5.74, 6) is 0. The van der Waals surface area contributed by atoms with Crippen LogP contribution in [0.1, 0.15) is 0 Å². The fourth-order valence-corrected chi connectivity index (χ4v) is 2.52. The number of carbonyl (C=O) groups is 1. The molecule has 0 saturated heterocycles. The van der Waals surface area contributed by atoms with Gasteiger partial charge in [-0.05, 0) is 36.4 Å². The number of halogens is 1. The monoisotopic (exact) mass is 324 g/mol. The molecular formula is C14H13ClN2O3S. The fraction of sp³-hybridized carbons (Fsp3) is 0.0714. The zero-order valence-corrected chi connectivity index (χ0v) is 12.7. The van der Waals surface area contributed by atoms with Gasteiger partial charge in [0.1, 0.15) is 0 Å². The van der Waals surface area contributed by atoms with Gasteiger partial charge in [0.05, 0.1) is 4.90 Å². The van der Waals surface area contributed by atoms with Crippen LogP contribution in [0.4, 0.5) is 16.2 Å². The zero-order valence-electron chi connectivity index (χ0n) is 11.1. The lowest BCUT2D eigenvalue weighted by Gasteiger charge is -2.08. The van der Waals surface area contributed by atoms with E-state index in [1.807, 2.05) is 0 Å². The summed E-state index contributed by atoms with van der Waals surface area (Å²) in [6, 6.07) is 12.2. The number of sulfone groups is 1. The van der Waals surface area contributed by atoms with Crippen LogP contribution in [0.5, 0.6) is 0 Å². The number of nitrogens with one attached hydrogen (secondary N) is 2. The smallest absolute Gasteiger partial charge is 0.308 e. The second-order valence-electron chi connectivity index (χ2n) is 4.39. The molecule has 0 atom stereocenters. The molecule has 7 heteroatoms. The maximum absolute atomic E-state index is 11.8. The van der Waals surface area contributed by atoms with Gasteiger partial charge >= 0.3 is 6.03 Å². The largest absolute Gasteiger partial charge is 0.323 e. The molecule has 0 bridgehead atoms. The van der Waals surface area contributed by atoms with E-state index in [1.165, 1.54) is 12.1 Å². The van der Waals surface area contributed by atoms with Gasteiger partial charge in [0.25, 0.3) is 0 Å². The van der Waals surface area contributed by atoms with Crippen LogP contribution in [0.2, 0.25) is 5.02 Å². The zero-order chi connectivity index (χ0) is 15.5. The van der Waals surface area contributed by atoms with Crippen LogP contribution in [0.15, 0.2) is 53.4 Å². The van der Waals surface area contributed by atoms with Crippen LogP contribution < -0.4 is 10.6 Å². The summed E-state index contributed by atoms with van der Waals surface area (Å²) in [4.78, 5) is 12.0. The summed E-state index contributed by atoms with van der Waals surface area (Å²) < 4.78 is 22.9. The van der Waals surface area contributed by atoms with Gasteiger partial charge in [-0.25, -0.2) is 13.2 Å². The third kappa shape index (κ3) is 4.47. The van der Waals surface area contributed by atoms with Crippen LogP contribution in [0.25, 0.3) is 0 Å². The van der Waals surface area contributed by atoms with E-state index < -0.39 is 15.9 Å². The predicted molar refractivity (Wildman–Crippen MR) is 83.6 cm³/mol. The van der Waals surface area contributed by atoms with Gasteiger partial charge < -0.3 is 10.6 Å². The van der Waals surface area contributed by atoms with Crippen LogP contribution in [0, 0.1) is 0 Å². The van der Waals surface area contributed by atoms with E-state index in [9.17, 15) is 13.2 Å². The third-order valence-electron chi connectivity index (χ3n) is 2.60. The maximum atomic E-state index is 11.8. The Morgan fingerprint density at radius 2 is 1.57 bits per heavy atom. The van der Waals surface area contributed by atoms with E-state index in [0.29, 0.717) is 16.4 Å². The summed E-state index contributed by atoms with van der Waals surface area (Å²) in [5.41, 5.74) is 0.928. The van der Waals surface area contributed by atoms with Crippen molar-refractivity contribution in [3.8, 4) is 0 Å². The fourth-order valence-electron chi connectivity index (χ4n) is 1.66. The van der Waals surface area contributed by atoms with Gasteiger partial charge in [-0.2, -0.15) is 0 Å². The molecule has 0 aliphatic rings. The van der Waals surface area contributed by atoms with Gasteiger partial charge in [0.15, 0.2) is 9.84 Å². The van der Waals surface area contributed by atoms with E-state index in [4.69, 9.17) is 11.6 Å². The summed E-state index contributed by atoms with van der Waals surface area (Å²) >= 11 is 5.82. The highest BCUT2D eigenvalue weighted by Gasteiger charge is 2.09. The molecule has 0 fully saturated rings. The van der Waals surface area contributed by atoms with Crippen molar-refractivity contribution >= 4 is 38.8 Å². The number of benzene rings is 2. The lowest BCUT2D eigenvalue weighted by atomic mass is 10.3. The molecule has 5 nitrogen and oxygen atoms in total. The van der Waals surface area contributed by atoms with Crippen molar-refractivity contribution < 1.29 is 13.2 Å². The van der Waals surface area contributed by atoms with Gasteiger partial charge in [0, 0.05) is 22.7 Å². The minimum Gasteiger partial charge on any atom is -0.308 e. The van der Waals surface area contributed by atoms with Crippen LogP contribution in [0.3, 0.4) is 0 Å². The molecule has 0 radical (unpaired) electrons. The lowest BCUT2D eigenvalue weighted by Crippen LogP contribution is -2.19. The molecule has 2 aromatic carbocycles. The molecule has 2 amide bonds. The Hall–Kier alpha value is -2.05. The molecular weight excluding hydrogens is 312 g/mol. The lowest BCUT2D eigenvalue weighted by molar-refractivity contribution is 0.262. The quantitative estimate of drug-likeness (QED) is 0.908. The number of rotatable bonds is 3. The van der Waals surface area contributed by atoms with Gasteiger partial charge in [-0.15, -0.1) is 0 Å². The first kappa shape index (κ1) is 15.3. The van der Waals surface area contributed by atoms with Crippen molar-refractivity contribution in [3.05, 3.63) is 53.6 Å². The Labute approximate surface area is 127 Å². The number of urea groups is 1. The molecule has 0 aliphatic carbocycles. The first-order valence-corrected chi connectivity index (χ1v) is 8.25. The molecule has 0 unspecified atom stereocenters. The van der Waals surface area contributed by atoms with E-state index >= 15 is 0 Å². The van der Waals surface area contributed by atoms with Crippen molar-refractivity contribution in [1.82, 2.24) is 0 Å². The van der Waals surface area contributed by atoms with Gasteiger partial charge in [-0.1, -0.05) is 23.7 Å². The summed E-state index contributed by atoms with van der Waals surface area (Å²) in [7, 11) is -3.31. The highest BCUT2D eigenvalue weighted by molar-refractivity contribution is 7.90. The number of carbonyl (C=O) groups excluding carboxylic acids is 1. The summed E-state index contributed by atoms with van der Waals surface area (Å²) in [5, 5.41) is 5.68. The number of anilines is 2. The predicted octanol–water partition coefficient (Wildman–Crippen LogP) is 3.39. The highest BCUT2D eigenvalue weighted by Crippen LogP contribution is 2.17. The standard InChI is InChI=1S/C14H13ClN2O3S/c1-21(19,20)13-7-3-6-12(9-13)17-14(18)16-11-5-2-4-10(15)8-11/h2-9H,1H3,(H2,16,17,18). The SMILES string of the molecule is CS(=O)(=O)c1cccc(NC(=O)Nc2cccc(Cl)c2)c1. The minimum atomic E-state index is -3.31. The topological polar surface area (TPSA) is 75.3 Å². The Balaban J connectivity index is 2.10. The molecule has 0 aromatic heterocycles. The molecule has 0 aliphatic heterocycles. The van der Waals surface area contributed by atoms with Crippen molar-refractivity contribution in [2.75, 3.05) is 16.9 Å². The second kappa shape index (κ2) is 6.15.